The first-order chi connectivity index (χ1) is 25.4. The lowest BCUT2D eigenvalue weighted by atomic mass is 9.91. The highest BCUT2D eigenvalue weighted by atomic mass is 32.2. The summed E-state index contributed by atoms with van der Waals surface area (Å²) in [6, 6.07) is 24.4. The Balaban J connectivity index is 1.20. The van der Waals surface area contributed by atoms with Crippen molar-refractivity contribution in [3.63, 3.8) is 0 Å². The fourth-order valence-electron chi connectivity index (χ4n) is 6.62. The molecule has 0 aliphatic carbocycles. The van der Waals surface area contributed by atoms with Crippen molar-refractivity contribution in [3.05, 3.63) is 119 Å². The molecule has 2 aliphatic heterocycles. The number of likely N-dealkylation sites (tertiary alicyclic amines) is 1. The van der Waals surface area contributed by atoms with E-state index in [0.29, 0.717) is 27.7 Å². The maximum absolute atomic E-state index is 13.1. The number of thioether (sulfide) groups is 1. The largest absolute Gasteiger partial charge is 0.478 e. The second-order valence-corrected chi connectivity index (χ2v) is 14.0. The van der Waals surface area contributed by atoms with E-state index in [1.54, 1.807) is 18.3 Å². The number of hydrogen-bond donors (Lipinski definition) is 3. The Kier molecular flexibility index (Phi) is 11.8. The average Bonchev–Trinajstić information content (AvgIpc) is 3.66. The van der Waals surface area contributed by atoms with Gasteiger partial charge in [-0.2, -0.15) is 13.2 Å². The normalized spacial score (nSPS) is 21.7. The molecule has 2 amide bonds. The molecule has 5 unspecified atom stereocenters. The summed E-state index contributed by atoms with van der Waals surface area (Å²) in [5.41, 5.74) is 4.86. The van der Waals surface area contributed by atoms with Crippen molar-refractivity contribution in [2.24, 2.45) is 5.92 Å². The summed E-state index contributed by atoms with van der Waals surface area (Å²) in [4.78, 5) is 41.4. The van der Waals surface area contributed by atoms with Gasteiger partial charge >= 0.3 is 18.1 Å². The number of carboxylic acids is 1. The molecule has 5 atom stereocenters. The maximum atomic E-state index is 13.1. The highest BCUT2D eigenvalue weighted by Gasteiger charge is 2.47. The quantitative estimate of drug-likeness (QED) is 0.143. The van der Waals surface area contributed by atoms with E-state index in [1.165, 1.54) is 17.8 Å². The first-order valence-corrected chi connectivity index (χ1v) is 18.1. The number of carbonyl (C=O) groups is 3. The number of aliphatic hydroxyl groups is 1. The fraction of sp³-hybridized carbons (Fsp3) is 0.333. The summed E-state index contributed by atoms with van der Waals surface area (Å²) in [5, 5.41) is 22.3. The molecule has 4 aromatic rings. The standard InChI is InChI=1S/C39H38F3N3O7S/c1-23-32(22-53-35-30(36(48)49)10-4-16-43-35)51-37(52-33(23)26-14-12-24(21-46)13-15-26)29-9-3-8-28(19-29)27-7-2-6-25(18-27)20-44-34(47)31-11-5-17-45(31)38(50)39(40,41)42/h2-4,6-10,12-16,18-19,23,31-33,37,46H,5,11,17,20-22H2,1H3,(H,44,47)(H,48,49). The van der Waals surface area contributed by atoms with Gasteiger partial charge in [-0.3, -0.25) is 9.59 Å². The Morgan fingerprint density at radius 3 is 2.40 bits per heavy atom. The molecule has 0 bridgehead atoms. The Bertz CT molecular complexity index is 1940. The van der Waals surface area contributed by atoms with Crippen LogP contribution in [0.2, 0.25) is 0 Å². The number of amides is 2. The van der Waals surface area contributed by atoms with E-state index in [4.69, 9.17) is 9.47 Å². The van der Waals surface area contributed by atoms with E-state index in [1.807, 2.05) is 73.7 Å². The van der Waals surface area contributed by atoms with E-state index in [-0.39, 0.29) is 43.7 Å². The van der Waals surface area contributed by atoms with Crippen LogP contribution >= 0.6 is 11.8 Å². The van der Waals surface area contributed by atoms with E-state index in [0.717, 1.165) is 27.8 Å². The van der Waals surface area contributed by atoms with E-state index in [9.17, 15) is 37.8 Å². The Hall–Kier alpha value is -4.76. The highest BCUT2D eigenvalue weighted by molar-refractivity contribution is 7.99. The number of rotatable bonds is 11. The van der Waals surface area contributed by atoms with Crippen molar-refractivity contribution in [1.82, 2.24) is 15.2 Å². The highest BCUT2D eigenvalue weighted by Crippen LogP contribution is 2.43. The summed E-state index contributed by atoms with van der Waals surface area (Å²) in [6.45, 7) is 1.86. The molecule has 2 aliphatic rings. The molecule has 2 fully saturated rings. The van der Waals surface area contributed by atoms with Gasteiger partial charge in [0.1, 0.15) is 11.1 Å². The zero-order valence-corrected chi connectivity index (χ0v) is 29.5. The van der Waals surface area contributed by atoms with Crippen LogP contribution in [0.15, 0.2) is 96.2 Å². The van der Waals surface area contributed by atoms with Gasteiger partial charge in [-0.1, -0.05) is 67.6 Å². The van der Waals surface area contributed by atoms with Gasteiger partial charge in [0.2, 0.25) is 5.91 Å². The lowest BCUT2D eigenvalue weighted by molar-refractivity contribution is -0.268. The number of aliphatic hydroxyl groups excluding tert-OH is 1. The first-order valence-electron chi connectivity index (χ1n) is 17.1. The minimum atomic E-state index is -5.05. The lowest BCUT2D eigenvalue weighted by Gasteiger charge is -2.41. The van der Waals surface area contributed by atoms with Crippen molar-refractivity contribution in [2.75, 3.05) is 12.3 Å². The smallest absolute Gasteiger partial charge is 0.471 e. The van der Waals surface area contributed by atoms with Crippen LogP contribution in [-0.4, -0.2) is 68.5 Å². The van der Waals surface area contributed by atoms with Crippen LogP contribution in [0, 0.1) is 5.92 Å². The van der Waals surface area contributed by atoms with Gasteiger partial charge in [0.15, 0.2) is 6.29 Å². The van der Waals surface area contributed by atoms with Crippen LogP contribution in [0.25, 0.3) is 11.1 Å². The number of pyridine rings is 1. The molecule has 1 aromatic heterocycles. The fourth-order valence-corrected chi connectivity index (χ4v) is 7.77. The van der Waals surface area contributed by atoms with Crippen molar-refractivity contribution >= 4 is 29.5 Å². The van der Waals surface area contributed by atoms with Crippen LogP contribution in [0.1, 0.15) is 64.8 Å². The summed E-state index contributed by atoms with van der Waals surface area (Å²) in [5.74, 6) is -3.45. The van der Waals surface area contributed by atoms with E-state index in [2.05, 4.69) is 10.3 Å². The van der Waals surface area contributed by atoms with E-state index >= 15 is 0 Å². The topological polar surface area (TPSA) is 138 Å². The number of halogens is 3. The molecule has 0 saturated carbocycles. The number of alkyl halides is 3. The molecule has 0 spiro atoms. The monoisotopic (exact) mass is 749 g/mol. The number of carbonyl (C=O) groups excluding carboxylic acids is 2. The maximum Gasteiger partial charge on any atom is 0.471 e. The van der Waals surface area contributed by atoms with Crippen LogP contribution in [0.3, 0.4) is 0 Å². The molecule has 10 nitrogen and oxygen atoms in total. The third-order valence-corrected chi connectivity index (χ3v) is 10.5. The van der Waals surface area contributed by atoms with Crippen LogP contribution in [0.5, 0.6) is 0 Å². The average molecular weight is 750 g/mol. The molecule has 3 heterocycles. The van der Waals surface area contributed by atoms with Crippen molar-refractivity contribution in [2.45, 2.75) is 68.7 Å². The third kappa shape index (κ3) is 8.90. The van der Waals surface area contributed by atoms with Crippen LogP contribution in [-0.2, 0) is 32.2 Å². The SMILES string of the molecule is CC1C(CSc2ncccc2C(=O)O)OC(c2cccc(-c3cccc(CNC(=O)C4CCCN4C(=O)C(F)(F)F)c3)c2)OC1c1ccc(CO)cc1. The molecule has 0 radical (unpaired) electrons. The molecule has 53 heavy (non-hydrogen) atoms. The van der Waals surface area contributed by atoms with E-state index < -0.39 is 42.4 Å². The van der Waals surface area contributed by atoms with Crippen LogP contribution < -0.4 is 5.32 Å². The summed E-state index contributed by atoms with van der Waals surface area (Å²) < 4.78 is 52.4. The first kappa shape index (κ1) is 38.0. The number of nitrogens with zero attached hydrogens (tertiary/aromatic N) is 2. The Morgan fingerprint density at radius 2 is 1.68 bits per heavy atom. The van der Waals surface area contributed by atoms with Crippen molar-refractivity contribution in [1.29, 1.82) is 0 Å². The third-order valence-electron chi connectivity index (χ3n) is 9.45. The molecule has 3 aromatic carbocycles. The van der Waals surface area contributed by atoms with Gasteiger partial charge in [0.25, 0.3) is 0 Å². The second kappa shape index (κ2) is 16.5. The minimum Gasteiger partial charge on any atom is -0.478 e. The molecule has 2 saturated heterocycles. The number of nitrogens with one attached hydrogen (secondary N) is 1. The zero-order valence-electron chi connectivity index (χ0n) is 28.7. The predicted octanol–water partition coefficient (Wildman–Crippen LogP) is 6.69. The summed E-state index contributed by atoms with van der Waals surface area (Å²) in [6.07, 6.45) is -4.59. The molecule has 6 rings (SSSR count). The van der Waals surface area contributed by atoms with Crippen molar-refractivity contribution < 1.29 is 47.2 Å². The lowest BCUT2D eigenvalue weighted by Crippen LogP contribution is -2.50. The Labute approximate surface area is 308 Å². The molecular formula is C39H38F3N3O7S. The number of hydrogen-bond acceptors (Lipinski definition) is 8. The summed E-state index contributed by atoms with van der Waals surface area (Å²) in [7, 11) is 0. The number of benzene rings is 3. The zero-order chi connectivity index (χ0) is 37.7. The second-order valence-electron chi connectivity index (χ2n) is 13.0. The van der Waals surface area contributed by atoms with Gasteiger partial charge in [0.05, 0.1) is 24.4 Å². The van der Waals surface area contributed by atoms with Crippen molar-refractivity contribution in [3.8, 4) is 11.1 Å². The van der Waals surface area contributed by atoms with Gasteiger partial charge in [-0.05, 0) is 64.9 Å². The number of carboxylic acid groups (broad SMARTS) is 1. The molecule has 278 valence electrons. The van der Waals surface area contributed by atoms with Gasteiger partial charge in [-0.25, -0.2) is 9.78 Å². The summed E-state index contributed by atoms with van der Waals surface area (Å²) >= 11 is 1.30. The number of aromatic nitrogens is 1. The van der Waals surface area contributed by atoms with Gasteiger partial charge < -0.3 is 29.9 Å². The molecule has 14 heteroatoms. The van der Waals surface area contributed by atoms with Gasteiger partial charge in [-0.15, -0.1) is 11.8 Å². The van der Waals surface area contributed by atoms with Crippen LogP contribution in [0.4, 0.5) is 13.2 Å². The predicted molar refractivity (Wildman–Crippen MR) is 189 cm³/mol. The Morgan fingerprint density at radius 1 is 0.943 bits per heavy atom. The number of ether oxygens (including phenoxy) is 2. The van der Waals surface area contributed by atoms with Gasteiger partial charge in [0, 0.05) is 36.5 Å². The molecule has 3 N–H and O–H groups in total. The number of aromatic carboxylic acids is 1. The minimum absolute atomic E-state index is 0.0552. The molecular weight excluding hydrogens is 712 g/mol.